The van der Waals surface area contributed by atoms with Gasteiger partial charge in [0.1, 0.15) is 11.0 Å². The van der Waals surface area contributed by atoms with E-state index in [-0.39, 0.29) is 22.8 Å². The van der Waals surface area contributed by atoms with Crippen LogP contribution in [0, 0.1) is 0 Å². The van der Waals surface area contributed by atoms with Gasteiger partial charge in [0, 0.05) is 18.4 Å². The van der Waals surface area contributed by atoms with Gasteiger partial charge >= 0.3 is 0 Å². The van der Waals surface area contributed by atoms with E-state index in [9.17, 15) is 18.3 Å². The van der Waals surface area contributed by atoms with Gasteiger partial charge in [0.2, 0.25) is 16.0 Å². The lowest BCUT2D eigenvalue weighted by atomic mass is 10.0. The minimum absolute atomic E-state index is 0.129. The SMILES string of the molecule is CNS(=O)(=O)Cn1c(=O)c2cnc(Nc3ccc4c(c3)CCNC4)nc2n1-c1cccc(C(C)(C)O)n1. The minimum atomic E-state index is -3.83. The van der Waals surface area contributed by atoms with Gasteiger partial charge in [-0.3, -0.25) is 4.79 Å². The van der Waals surface area contributed by atoms with Crippen molar-refractivity contribution in [2.45, 2.75) is 38.3 Å². The summed E-state index contributed by atoms with van der Waals surface area (Å²) in [5, 5.41) is 17.1. The van der Waals surface area contributed by atoms with E-state index < -0.39 is 27.1 Å². The maximum Gasteiger partial charge on any atom is 0.279 e. The van der Waals surface area contributed by atoms with Crippen LogP contribution < -0.4 is 20.9 Å². The first kappa shape index (κ1) is 25.0. The summed E-state index contributed by atoms with van der Waals surface area (Å²) in [4.78, 5) is 26.7. The highest BCUT2D eigenvalue weighted by Gasteiger charge is 2.24. The molecule has 0 unspecified atom stereocenters. The molecular weight excluding hydrogens is 496 g/mol. The summed E-state index contributed by atoms with van der Waals surface area (Å²) in [6, 6.07) is 11.0. The molecule has 37 heavy (non-hydrogen) atoms. The van der Waals surface area contributed by atoms with E-state index in [2.05, 4.69) is 36.4 Å². The van der Waals surface area contributed by atoms with Crippen LogP contribution in [0.4, 0.5) is 11.6 Å². The molecule has 0 spiro atoms. The predicted molar refractivity (Wildman–Crippen MR) is 139 cm³/mol. The largest absolute Gasteiger partial charge is 0.384 e. The Hall–Kier alpha value is -3.65. The van der Waals surface area contributed by atoms with E-state index in [1.54, 1.807) is 32.0 Å². The second-order valence-corrected chi connectivity index (χ2v) is 11.3. The number of aliphatic hydroxyl groups is 1. The molecule has 5 rings (SSSR count). The summed E-state index contributed by atoms with van der Waals surface area (Å²) in [5.74, 6) is -0.194. The number of benzene rings is 1. The lowest BCUT2D eigenvalue weighted by Crippen LogP contribution is -2.32. The highest BCUT2D eigenvalue weighted by atomic mass is 32.2. The summed E-state index contributed by atoms with van der Waals surface area (Å²) >= 11 is 0. The van der Waals surface area contributed by atoms with Crippen molar-refractivity contribution in [2.75, 3.05) is 18.9 Å². The zero-order valence-corrected chi connectivity index (χ0v) is 21.5. The van der Waals surface area contributed by atoms with Crippen molar-refractivity contribution in [3.05, 3.63) is 69.8 Å². The molecule has 4 N–H and O–H groups in total. The Morgan fingerprint density at radius 2 is 1.97 bits per heavy atom. The number of sulfonamides is 1. The molecule has 0 fully saturated rings. The van der Waals surface area contributed by atoms with Crippen LogP contribution in [0.25, 0.3) is 16.9 Å². The first-order valence-electron chi connectivity index (χ1n) is 11.8. The molecule has 0 bridgehead atoms. The number of aromatic nitrogens is 5. The normalized spacial score (nSPS) is 14.1. The van der Waals surface area contributed by atoms with E-state index in [4.69, 9.17) is 0 Å². The molecular formula is C24H28N8O4S. The number of nitrogens with one attached hydrogen (secondary N) is 3. The van der Waals surface area contributed by atoms with Gasteiger partial charge in [0.05, 0.1) is 5.69 Å². The van der Waals surface area contributed by atoms with Crippen LogP contribution in [0.1, 0.15) is 30.7 Å². The maximum absolute atomic E-state index is 13.3. The highest BCUT2D eigenvalue weighted by molar-refractivity contribution is 7.88. The Morgan fingerprint density at radius 1 is 1.16 bits per heavy atom. The van der Waals surface area contributed by atoms with Crippen LogP contribution >= 0.6 is 0 Å². The fourth-order valence-electron chi connectivity index (χ4n) is 4.23. The third-order valence-electron chi connectivity index (χ3n) is 6.21. The molecule has 4 aromatic rings. The van der Waals surface area contributed by atoms with Gasteiger partial charge in [-0.1, -0.05) is 12.1 Å². The third-order valence-corrected chi connectivity index (χ3v) is 7.41. The summed E-state index contributed by atoms with van der Waals surface area (Å²) < 4.78 is 29.5. The number of rotatable bonds is 7. The summed E-state index contributed by atoms with van der Waals surface area (Å²) in [6.45, 7) is 4.91. The number of anilines is 2. The van der Waals surface area contributed by atoms with Crippen molar-refractivity contribution >= 4 is 32.7 Å². The van der Waals surface area contributed by atoms with Gasteiger partial charge in [0.25, 0.3) is 5.56 Å². The molecule has 1 aromatic carbocycles. The fraction of sp³-hybridized carbons (Fsp3) is 0.333. The zero-order chi connectivity index (χ0) is 26.4. The van der Waals surface area contributed by atoms with Crippen LogP contribution in [0.3, 0.4) is 0 Å². The van der Waals surface area contributed by atoms with Gasteiger partial charge in [-0.2, -0.15) is 4.98 Å². The second-order valence-electron chi connectivity index (χ2n) is 9.37. The molecule has 0 aliphatic carbocycles. The van der Waals surface area contributed by atoms with Crippen molar-refractivity contribution in [3.8, 4) is 5.82 Å². The summed E-state index contributed by atoms with van der Waals surface area (Å²) in [6.07, 6.45) is 2.28. The van der Waals surface area contributed by atoms with E-state index >= 15 is 0 Å². The molecule has 0 amide bonds. The molecule has 1 aliphatic heterocycles. The third kappa shape index (κ3) is 4.98. The van der Waals surface area contributed by atoms with Crippen molar-refractivity contribution in [2.24, 2.45) is 0 Å². The van der Waals surface area contributed by atoms with E-state index in [0.29, 0.717) is 5.69 Å². The highest BCUT2D eigenvalue weighted by Crippen LogP contribution is 2.24. The molecule has 3 aromatic heterocycles. The molecule has 0 radical (unpaired) electrons. The Morgan fingerprint density at radius 3 is 2.73 bits per heavy atom. The van der Waals surface area contributed by atoms with Crippen molar-refractivity contribution in [1.29, 1.82) is 0 Å². The Labute approximate surface area is 213 Å². The van der Waals surface area contributed by atoms with Gasteiger partial charge in [-0.05, 0) is 69.3 Å². The summed E-state index contributed by atoms with van der Waals surface area (Å²) in [7, 11) is -2.56. The number of nitrogens with zero attached hydrogens (tertiary/aromatic N) is 5. The van der Waals surface area contributed by atoms with Crippen molar-refractivity contribution in [3.63, 3.8) is 0 Å². The minimum Gasteiger partial charge on any atom is -0.384 e. The van der Waals surface area contributed by atoms with Crippen LogP contribution in [0.5, 0.6) is 0 Å². The maximum atomic E-state index is 13.3. The van der Waals surface area contributed by atoms with Crippen LogP contribution in [-0.2, 0) is 34.5 Å². The lowest BCUT2D eigenvalue weighted by molar-refractivity contribution is 0.0738. The summed E-state index contributed by atoms with van der Waals surface area (Å²) in [5.41, 5.74) is 1.95. The van der Waals surface area contributed by atoms with E-state index in [1.165, 1.54) is 29.1 Å². The zero-order valence-electron chi connectivity index (χ0n) is 20.7. The Balaban J connectivity index is 1.66. The van der Waals surface area contributed by atoms with Crippen molar-refractivity contribution < 1.29 is 13.5 Å². The molecule has 4 heterocycles. The topological polar surface area (TPSA) is 156 Å². The van der Waals surface area contributed by atoms with Gasteiger partial charge < -0.3 is 15.7 Å². The molecule has 13 heteroatoms. The smallest absolute Gasteiger partial charge is 0.279 e. The average molecular weight is 525 g/mol. The van der Waals surface area contributed by atoms with Crippen LogP contribution in [0.15, 0.2) is 47.4 Å². The molecule has 194 valence electrons. The van der Waals surface area contributed by atoms with Gasteiger partial charge in [-0.15, -0.1) is 0 Å². The average Bonchev–Trinajstić information content (AvgIpc) is 3.13. The number of hydrogen-bond acceptors (Lipinski definition) is 9. The molecule has 0 atom stereocenters. The first-order valence-corrected chi connectivity index (χ1v) is 13.4. The number of hydrogen-bond donors (Lipinski definition) is 4. The second kappa shape index (κ2) is 9.34. The predicted octanol–water partition coefficient (Wildman–Crippen LogP) is 1.10. The standard InChI is InChI=1S/C24H28N8O4S/c1-24(2,34)19-5-4-6-20(29-19)32-21-18(22(33)31(32)14-37(35,36)25-3)13-27-23(30-21)28-17-8-7-16-12-26-10-9-15(16)11-17/h4-8,11,13,25-26,34H,9-10,12,14H2,1-3H3,(H,27,28,30). The number of fused-ring (bicyclic) bond motifs is 2. The van der Waals surface area contributed by atoms with Gasteiger partial charge in [-0.25, -0.2) is 32.5 Å². The first-order chi connectivity index (χ1) is 17.6. The quantitative estimate of drug-likeness (QED) is 0.278. The molecule has 0 saturated heterocycles. The number of pyridine rings is 1. The lowest BCUT2D eigenvalue weighted by Gasteiger charge is -2.19. The van der Waals surface area contributed by atoms with Gasteiger partial charge in [0.15, 0.2) is 17.3 Å². The van der Waals surface area contributed by atoms with E-state index in [1.807, 2.05) is 12.1 Å². The molecule has 12 nitrogen and oxygen atoms in total. The fourth-order valence-corrected chi connectivity index (χ4v) is 4.91. The monoisotopic (exact) mass is 524 g/mol. The van der Waals surface area contributed by atoms with E-state index in [0.717, 1.165) is 29.9 Å². The Bertz CT molecular complexity index is 1650. The van der Waals surface area contributed by atoms with Crippen molar-refractivity contribution in [1.82, 2.24) is 34.4 Å². The van der Waals surface area contributed by atoms with Crippen LogP contribution in [-0.4, -0.2) is 51.4 Å². The Kier molecular flexibility index (Phi) is 6.31. The molecule has 1 aliphatic rings. The molecule has 0 saturated carbocycles. The van der Waals surface area contributed by atoms with Crippen LogP contribution in [0.2, 0.25) is 0 Å².